The fourth-order valence-electron chi connectivity index (χ4n) is 2.49. The summed E-state index contributed by atoms with van der Waals surface area (Å²) in [6, 6.07) is 7.35. The van der Waals surface area contributed by atoms with Gasteiger partial charge in [0.05, 0.1) is 37.7 Å². The summed E-state index contributed by atoms with van der Waals surface area (Å²) in [7, 11) is 1.58. The molecule has 0 aliphatic carbocycles. The van der Waals surface area contributed by atoms with Crippen LogP contribution < -0.4 is 10.3 Å². The summed E-state index contributed by atoms with van der Waals surface area (Å²) in [5.41, 5.74) is -0.391. The summed E-state index contributed by atoms with van der Waals surface area (Å²) < 4.78 is 12.0. The summed E-state index contributed by atoms with van der Waals surface area (Å²) in [6.07, 6.45) is 1.77. The van der Waals surface area contributed by atoms with Crippen molar-refractivity contribution in [3.8, 4) is 5.75 Å². The highest BCUT2D eigenvalue weighted by Crippen LogP contribution is 2.28. The lowest BCUT2D eigenvalue weighted by Crippen LogP contribution is -2.50. The number of hydrogen-bond acceptors (Lipinski definition) is 4. The summed E-state index contributed by atoms with van der Waals surface area (Å²) >= 11 is 0. The number of aromatic nitrogens is 1. The number of aliphatic hydroxyl groups excluding tert-OH is 1. The van der Waals surface area contributed by atoms with Crippen molar-refractivity contribution in [1.29, 1.82) is 0 Å². The van der Waals surface area contributed by atoms with Gasteiger partial charge >= 0.3 is 0 Å². The molecular weight excluding hydrogens is 258 g/mol. The topological polar surface area (TPSA) is 60.7 Å². The van der Waals surface area contributed by atoms with Gasteiger partial charge in [0.1, 0.15) is 5.75 Å². The van der Waals surface area contributed by atoms with Crippen LogP contribution in [-0.4, -0.2) is 36.6 Å². The Morgan fingerprint density at radius 3 is 2.80 bits per heavy atom. The summed E-state index contributed by atoms with van der Waals surface area (Å²) in [5.74, 6) is 0.663. The summed E-state index contributed by atoms with van der Waals surface area (Å²) in [6.45, 7) is 1.48. The zero-order valence-electron chi connectivity index (χ0n) is 11.3. The average molecular weight is 275 g/mol. The highest BCUT2D eigenvalue weighted by atomic mass is 16.5. The number of aliphatic hydroxyl groups is 1. The molecule has 0 spiro atoms. The third kappa shape index (κ3) is 2.09. The molecule has 1 aliphatic heterocycles. The predicted molar refractivity (Wildman–Crippen MR) is 75.1 cm³/mol. The Kier molecular flexibility index (Phi) is 3.23. The third-order valence-electron chi connectivity index (χ3n) is 3.84. The largest absolute Gasteiger partial charge is 0.497 e. The molecule has 5 nitrogen and oxygen atoms in total. The second-order valence-electron chi connectivity index (χ2n) is 5.35. The van der Waals surface area contributed by atoms with Crippen LogP contribution in [0.5, 0.6) is 5.75 Å². The monoisotopic (exact) mass is 275 g/mol. The summed E-state index contributed by atoms with van der Waals surface area (Å²) in [4.78, 5) is 12.5. The van der Waals surface area contributed by atoms with E-state index in [4.69, 9.17) is 9.47 Å². The fraction of sp³-hybridized carbons (Fsp3) is 0.400. The van der Waals surface area contributed by atoms with Gasteiger partial charge in [-0.25, -0.2) is 0 Å². The van der Waals surface area contributed by atoms with Crippen molar-refractivity contribution in [3.63, 3.8) is 0 Å². The Morgan fingerprint density at radius 2 is 2.20 bits per heavy atom. The molecule has 1 saturated heterocycles. The number of benzene rings is 1. The zero-order valence-corrected chi connectivity index (χ0v) is 11.3. The second-order valence-corrected chi connectivity index (χ2v) is 5.35. The van der Waals surface area contributed by atoms with Gasteiger partial charge < -0.3 is 19.1 Å². The van der Waals surface area contributed by atoms with E-state index in [9.17, 15) is 9.90 Å². The molecule has 2 aromatic rings. The maximum atomic E-state index is 12.5. The van der Waals surface area contributed by atoms with Crippen molar-refractivity contribution >= 4 is 10.8 Å². The number of hydrogen-bond donors (Lipinski definition) is 1. The molecule has 1 fully saturated rings. The highest BCUT2D eigenvalue weighted by Gasteiger charge is 2.38. The van der Waals surface area contributed by atoms with Crippen LogP contribution in [0.3, 0.4) is 0 Å². The maximum Gasteiger partial charge on any atom is 0.258 e. The Bertz CT molecular complexity index is 682. The molecule has 3 rings (SSSR count). The first-order chi connectivity index (χ1) is 9.67. The molecule has 1 aromatic heterocycles. The molecule has 1 N–H and O–H groups in total. The fourth-order valence-corrected chi connectivity index (χ4v) is 2.49. The van der Waals surface area contributed by atoms with Crippen LogP contribution in [0.2, 0.25) is 0 Å². The smallest absolute Gasteiger partial charge is 0.258 e. The van der Waals surface area contributed by atoms with Gasteiger partial charge in [-0.05, 0) is 23.6 Å². The lowest BCUT2D eigenvalue weighted by Gasteiger charge is -2.40. The lowest BCUT2D eigenvalue weighted by atomic mass is 9.87. The number of ether oxygens (including phenoxy) is 2. The number of nitrogens with zero attached hydrogens (tertiary/aromatic N) is 1. The minimum Gasteiger partial charge on any atom is -0.497 e. The molecule has 1 aromatic carbocycles. The molecule has 0 amide bonds. The molecule has 106 valence electrons. The first-order valence-electron chi connectivity index (χ1n) is 6.53. The van der Waals surface area contributed by atoms with Gasteiger partial charge in [0.25, 0.3) is 5.56 Å². The minimum absolute atomic E-state index is 0.0234. The number of pyridine rings is 1. The minimum atomic E-state index is -0.323. The van der Waals surface area contributed by atoms with Crippen LogP contribution in [0.4, 0.5) is 0 Å². The molecule has 1 aliphatic rings. The molecular formula is C15H17NO4. The first kappa shape index (κ1) is 13.1. The van der Waals surface area contributed by atoms with Gasteiger partial charge in [-0.2, -0.15) is 0 Å². The molecule has 0 atom stereocenters. The van der Waals surface area contributed by atoms with Crippen LogP contribution in [0, 0.1) is 5.41 Å². The van der Waals surface area contributed by atoms with Crippen molar-refractivity contribution in [2.24, 2.45) is 5.41 Å². The normalized spacial score (nSPS) is 16.9. The highest BCUT2D eigenvalue weighted by molar-refractivity contribution is 5.82. The molecule has 5 heteroatoms. The van der Waals surface area contributed by atoms with Crippen LogP contribution in [0.1, 0.15) is 0 Å². The van der Waals surface area contributed by atoms with Crippen LogP contribution in [0.15, 0.2) is 35.3 Å². The number of fused-ring (bicyclic) bond motifs is 1. The van der Waals surface area contributed by atoms with Gasteiger partial charge in [0.15, 0.2) is 0 Å². The molecule has 20 heavy (non-hydrogen) atoms. The van der Waals surface area contributed by atoms with E-state index in [0.29, 0.717) is 30.9 Å². The van der Waals surface area contributed by atoms with Crippen molar-refractivity contribution in [3.05, 3.63) is 40.8 Å². The quantitative estimate of drug-likeness (QED) is 0.905. The summed E-state index contributed by atoms with van der Waals surface area (Å²) in [5, 5.41) is 11.0. The third-order valence-corrected chi connectivity index (χ3v) is 3.84. The van der Waals surface area contributed by atoms with E-state index >= 15 is 0 Å². The second kappa shape index (κ2) is 4.92. The van der Waals surface area contributed by atoms with Crippen LogP contribution >= 0.6 is 0 Å². The Balaban J connectivity index is 2.04. The van der Waals surface area contributed by atoms with E-state index in [1.54, 1.807) is 23.9 Å². The van der Waals surface area contributed by atoms with Crippen LogP contribution in [-0.2, 0) is 11.3 Å². The average Bonchev–Trinajstić information content (AvgIpc) is 2.45. The molecule has 2 heterocycles. The first-order valence-corrected chi connectivity index (χ1v) is 6.53. The van der Waals surface area contributed by atoms with Gasteiger partial charge in [0, 0.05) is 12.7 Å². The number of rotatable bonds is 4. The Morgan fingerprint density at radius 1 is 1.40 bits per heavy atom. The molecule has 0 radical (unpaired) electrons. The van der Waals surface area contributed by atoms with Crippen LogP contribution in [0.25, 0.3) is 10.8 Å². The predicted octanol–water partition coefficient (Wildman–Crippen LogP) is 1.02. The van der Waals surface area contributed by atoms with Gasteiger partial charge in [-0.3, -0.25) is 4.79 Å². The van der Waals surface area contributed by atoms with E-state index < -0.39 is 0 Å². The zero-order chi connectivity index (χ0) is 14.2. The van der Waals surface area contributed by atoms with E-state index in [-0.39, 0.29) is 17.6 Å². The standard InChI is InChI=1S/C15H17NO4/c1-19-12-3-2-11-4-5-16(14(18)13(11)6-12)7-15(8-17)9-20-10-15/h2-6,17H,7-10H2,1H3. The van der Waals surface area contributed by atoms with E-state index in [0.717, 1.165) is 5.39 Å². The van der Waals surface area contributed by atoms with Crippen molar-refractivity contribution < 1.29 is 14.6 Å². The van der Waals surface area contributed by atoms with Crippen molar-refractivity contribution in [1.82, 2.24) is 4.57 Å². The van der Waals surface area contributed by atoms with Crippen molar-refractivity contribution in [2.45, 2.75) is 6.54 Å². The molecule has 0 saturated carbocycles. The van der Waals surface area contributed by atoms with Gasteiger partial charge in [-0.1, -0.05) is 6.07 Å². The van der Waals surface area contributed by atoms with E-state index in [2.05, 4.69) is 0 Å². The van der Waals surface area contributed by atoms with E-state index in [1.807, 2.05) is 18.2 Å². The lowest BCUT2D eigenvalue weighted by molar-refractivity contribution is -0.145. The maximum absolute atomic E-state index is 12.5. The molecule has 0 bridgehead atoms. The van der Waals surface area contributed by atoms with Crippen molar-refractivity contribution in [2.75, 3.05) is 26.9 Å². The van der Waals surface area contributed by atoms with Gasteiger partial charge in [0.2, 0.25) is 0 Å². The SMILES string of the molecule is COc1ccc2ccn(CC3(CO)COC3)c(=O)c2c1. The molecule has 0 unspecified atom stereocenters. The Labute approximate surface area is 116 Å². The van der Waals surface area contributed by atoms with E-state index in [1.165, 1.54) is 0 Å². The van der Waals surface area contributed by atoms with Gasteiger partial charge in [-0.15, -0.1) is 0 Å². The Hall–Kier alpha value is -1.85. The number of methoxy groups -OCH3 is 1.